The van der Waals surface area contributed by atoms with Crippen LogP contribution in [0.3, 0.4) is 0 Å². The second-order valence-electron chi connectivity index (χ2n) is 3.80. The van der Waals surface area contributed by atoms with E-state index in [9.17, 15) is 8.42 Å². The van der Waals surface area contributed by atoms with Gasteiger partial charge >= 0.3 is 0 Å². The molecule has 0 fully saturated rings. The molecule has 0 amide bonds. The Morgan fingerprint density at radius 1 is 1.56 bits per heavy atom. The maximum atomic E-state index is 11.5. The van der Waals surface area contributed by atoms with Crippen molar-refractivity contribution in [2.45, 2.75) is 20.3 Å². The van der Waals surface area contributed by atoms with Crippen LogP contribution in [0.25, 0.3) is 0 Å². The van der Waals surface area contributed by atoms with E-state index < -0.39 is 9.84 Å². The topological polar surface area (TPSA) is 58.5 Å². The summed E-state index contributed by atoms with van der Waals surface area (Å²) in [5.41, 5.74) is 2.85. The molecule has 4 nitrogen and oxygen atoms in total. The number of aliphatic imine (C=N–C) groups is 1. The van der Waals surface area contributed by atoms with Crippen molar-refractivity contribution < 1.29 is 8.42 Å². The van der Waals surface area contributed by atoms with Crippen LogP contribution in [-0.4, -0.2) is 32.8 Å². The molecule has 0 radical (unpaired) electrons. The molecular weight excluding hydrogens is 224 g/mol. The van der Waals surface area contributed by atoms with Crippen LogP contribution < -0.4 is 5.32 Å². The number of sulfone groups is 1. The van der Waals surface area contributed by atoms with Crippen LogP contribution in [-0.2, 0) is 9.84 Å². The molecule has 0 aromatic carbocycles. The SMILES string of the molecule is C=C1NCCS(=O)(=O)CN=CC(CC)=C1C. The third kappa shape index (κ3) is 3.48. The van der Waals surface area contributed by atoms with Crippen LogP contribution in [0, 0.1) is 0 Å². The summed E-state index contributed by atoms with van der Waals surface area (Å²) in [4.78, 5) is 3.98. The first-order valence-electron chi connectivity index (χ1n) is 5.29. The monoisotopic (exact) mass is 242 g/mol. The maximum Gasteiger partial charge on any atom is 0.172 e. The molecule has 1 aliphatic rings. The van der Waals surface area contributed by atoms with E-state index in [0.717, 1.165) is 23.3 Å². The minimum Gasteiger partial charge on any atom is -0.384 e. The predicted octanol–water partition coefficient (Wildman–Crippen LogP) is 1.27. The van der Waals surface area contributed by atoms with Crippen molar-refractivity contribution in [1.29, 1.82) is 0 Å². The van der Waals surface area contributed by atoms with Crippen molar-refractivity contribution in [1.82, 2.24) is 5.32 Å². The molecular formula is C11H18N2O2S. The largest absolute Gasteiger partial charge is 0.384 e. The molecule has 5 heteroatoms. The fourth-order valence-corrected chi connectivity index (χ4v) is 2.31. The number of hydrogen-bond acceptors (Lipinski definition) is 4. The van der Waals surface area contributed by atoms with Gasteiger partial charge in [-0.25, -0.2) is 8.42 Å². The van der Waals surface area contributed by atoms with Gasteiger partial charge in [0.05, 0.1) is 5.75 Å². The second kappa shape index (κ2) is 5.30. The first kappa shape index (κ1) is 13.0. The van der Waals surface area contributed by atoms with Gasteiger partial charge in [-0.3, -0.25) is 4.99 Å². The Morgan fingerprint density at radius 2 is 2.25 bits per heavy atom. The van der Waals surface area contributed by atoms with Crippen LogP contribution in [0.2, 0.25) is 0 Å². The van der Waals surface area contributed by atoms with Gasteiger partial charge in [0.15, 0.2) is 9.84 Å². The molecule has 0 unspecified atom stereocenters. The van der Waals surface area contributed by atoms with Gasteiger partial charge in [-0.05, 0) is 24.5 Å². The molecule has 1 heterocycles. The van der Waals surface area contributed by atoms with E-state index in [1.165, 1.54) is 0 Å². The summed E-state index contributed by atoms with van der Waals surface area (Å²) in [6, 6.07) is 0. The minimum atomic E-state index is -3.08. The van der Waals surface area contributed by atoms with E-state index in [1.807, 2.05) is 13.8 Å². The summed E-state index contributed by atoms with van der Waals surface area (Å²) >= 11 is 0. The quantitative estimate of drug-likeness (QED) is 0.753. The van der Waals surface area contributed by atoms with Gasteiger partial charge in [-0.2, -0.15) is 0 Å². The van der Waals surface area contributed by atoms with Gasteiger partial charge in [-0.1, -0.05) is 13.5 Å². The van der Waals surface area contributed by atoms with Crippen LogP contribution in [0.1, 0.15) is 20.3 Å². The Kier molecular flexibility index (Phi) is 4.29. The van der Waals surface area contributed by atoms with E-state index in [-0.39, 0.29) is 11.6 Å². The lowest BCUT2D eigenvalue weighted by atomic mass is 10.1. The Hall–Kier alpha value is -1.10. The van der Waals surface area contributed by atoms with E-state index in [1.54, 1.807) is 6.21 Å². The lowest BCUT2D eigenvalue weighted by molar-refractivity contribution is 0.594. The average molecular weight is 242 g/mol. The van der Waals surface area contributed by atoms with E-state index in [2.05, 4.69) is 16.9 Å². The molecule has 0 aliphatic carbocycles. The Balaban J connectivity index is 3.03. The zero-order valence-corrected chi connectivity index (χ0v) is 10.6. The van der Waals surface area contributed by atoms with Gasteiger partial charge in [0.1, 0.15) is 5.88 Å². The third-order valence-corrected chi connectivity index (χ3v) is 3.95. The zero-order chi connectivity index (χ0) is 12.2. The molecule has 1 rings (SSSR count). The zero-order valence-electron chi connectivity index (χ0n) is 9.78. The molecule has 0 spiro atoms. The molecule has 0 saturated carbocycles. The van der Waals surface area contributed by atoms with Gasteiger partial charge in [0.25, 0.3) is 0 Å². The lowest BCUT2D eigenvalue weighted by Crippen LogP contribution is -2.25. The standard InChI is InChI=1S/C11H18N2O2S/c1-4-11-7-12-8-16(14,15)6-5-13-10(3)9(11)2/h7,13H,3-6,8H2,1-2H3. The summed E-state index contributed by atoms with van der Waals surface area (Å²) in [5, 5.41) is 3.03. The van der Waals surface area contributed by atoms with Crippen LogP contribution in [0.4, 0.5) is 0 Å². The van der Waals surface area contributed by atoms with E-state index >= 15 is 0 Å². The second-order valence-corrected chi connectivity index (χ2v) is 5.95. The molecule has 0 atom stereocenters. The van der Waals surface area contributed by atoms with Gasteiger partial charge in [0.2, 0.25) is 0 Å². The van der Waals surface area contributed by atoms with E-state index in [0.29, 0.717) is 6.54 Å². The summed E-state index contributed by atoms with van der Waals surface area (Å²) < 4.78 is 22.9. The molecule has 1 aliphatic heterocycles. The van der Waals surface area contributed by atoms with Crippen molar-refractivity contribution in [3.8, 4) is 0 Å². The highest BCUT2D eigenvalue weighted by molar-refractivity contribution is 7.91. The van der Waals surface area contributed by atoms with Crippen LogP contribution in [0.5, 0.6) is 0 Å². The molecule has 0 saturated heterocycles. The fourth-order valence-electron chi connectivity index (χ4n) is 1.46. The highest BCUT2D eigenvalue weighted by Gasteiger charge is 2.11. The number of allylic oxidation sites excluding steroid dienone is 2. The highest BCUT2D eigenvalue weighted by Crippen LogP contribution is 2.13. The molecule has 0 aromatic rings. The first-order valence-corrected chi connectivity index (χ1v) is 7.11. The third-order valence-electron chi connectivity index (χ3n) is 2.59. The summed E-state index contributed by atoms with van der Waals surface area (Å²) in [5.74, 6) is -0.0317. The normalized spacial score (nSPS) is 21.8. The molecule has 90 valence electrons. The van der Waals surface area contributed by atoms with Crippen molar-refractivity contribution in [3.63, 3.8) is 0 Å². The number of hydrogen-bond donors (Lipinski definition) is 1. The fraction of sp³-hybridized carbons (Fsp3) is 0.545. The Labute approximate surface area is 97.1 Å². The smallest absolute Gasteiger partial charge is 0.172 e. The molecule has 1 N–H and O–H groups in total. The lowest BCUT2D eigenvalue weighted by Gasteiger charge is -2.14. The summed E-state index contributed by atoms with van der Waals surface area (Å²) in [6.45, 7) is 8.26. The number of rotatable bonds is 1. The summed E-state index contributed by atoms with van der Waals surface area (Å²) in [7, 11) is -3.08. The molecule has 0 bridgehead atoms. The van der Waals surface area contributed by atoms with Crippen molar-refractivity contribution in [3.05, 3.63) is 23.4 Å². The molecule has 16 heavy (non-hydrogen) atoms. The van der Waals surface area contributed by atoms with Crippen LogP contribution >= 0.6 is 0 Å². The van der Waals surface area contributed by atoms with Crippen LogP contribution in [0.15, 0.2) is 28.4 Å². The van der Waals surface area contributed by atoms with Crippen molar-refractivity contribution >= 4 is 16.1 Å². The summed E-state index contributed by atoms with van der Waals surface area (Å²) in [6.07, 6.45) is 2.46. The first-order chi connectivity index (χ1) is 7.46. The average Bonchev–Trinajstić information content (AvgIpc) is 2.22. The Bertz CT molecular complexity index is 433. The van der Waals surface area contributed by atoms with E-state index in [4.69, 9.17) is 0 Å². The van der Waals surface area contributed by atoms with Gasteiger partial charge in [-0.15, -0.1) is 0 Å². The minimum absolute atomic E-state index is 0.0953. The predicted molar refractivity (Wildman–Crippen MR) is 67.3 cm³/mol. The molecule has 0 aromatic heterocycles. The maximum absolute atomic E-state index is 11.5. The van der Waals surface area contributed by atoms with Gasteiger partial charge in [0, 0.05) is 18.5 Å². The van der Waals surface area contributed by atoms with Gasteiger partial charge < -0.3 is 5.32 Å². The Morgan fingerprint density at radius 3 is 2.88 bits per heavy atom. The number of nitrogens with one attached hydrogen (secondary N) is 1. The van der Waals surface area contributed by atoms with Crippen molar-refractivity contribution in [2.24, 2.45) is 4.99 Å². The van der Waals surface area contributed by atoms with Crippen molar-refractivity contribution in [2.75, 3.05) is 18.2 Å². The number of nitrogens with zero attached hydrogens (tertiary/aromatic N) is 1. The highest BCUT2D eigenvalue weighted by atomic mass is 32.2.